The third kappa shape index (κ3) is 4.70. The predicted molar refractivity (Wildman–Crippen MR) is 103 cm³/mol. The lowest BCUT2D eigenvalue weighted by atomic mass is 10.2. The van der Waals surface area contributed by atoms with Gasteiger partial charge in [-0.3, -0.25) is 14.5 Å². The van der Waals surface area contributed by atoms with Crippen molar-refractivity contribution in [2.45, 2.75) is 26.5 Å². The Morgan fingerprint density at radius 3 is 2.92 bits per heavy atom. The summed E-state index contributed by atoms with van der Waals surface area (Å²) >= 11 is 3.45. The maximum absolute atomic E-state index is 12.4. The molecule has 26 heavy (non-hydrogen) atoms. The molecule has 1 amide bonds. The molecule has 3 rings (SSSR count). The summed E-state index contributed by atoms with van der Waals surface area (Å²) in [5.74, 6) is 0.849. The minimum Gasteiger partial charge on any atom is -0.480 e. The third-order valence-electron chi connectivity index (χ3n) is 3.72. The number of nitrogens with one attached hydrogen (secondary N) is 1. The lowest BCUT2D eigenvalue weighted by molar-refractivity contribution is -0.122. The summed E-state index contributed by atoms with van der Waals surface area (Å²) in [6.45, 7) is 4.28. The number of hydrogen-bond donors (Lipinski definition) is 1. The molecule has 0 saturated heterocycles. The molecule has 0 radical (unpaired) electrons. The van der Waals surface area contributed by atoms with Crippen molar-refractivity contribution in [2.75, 3.05) is 5.32 Å². The highest BCUT2D eigenvalue weighted by Crippen LogP contribution is 2.26. The van der Waals surface area contributed by atoms with Gasteiger partial charge in [0.05, 0.1) is 11.0 Å². The second-order valence-corrected chi connectivity index (χ2v) is 6.80. The normalized spacial score (nSPS) is 11.8. The van der Waals surface area contributed by atoms with E-state index in [1.165, 1.54) is 0 Å². The van der Waals surface area contributed by atoms with Crippen LogP contribution in [0.4, 0.5) is 5.82 Å². The van der Waals surface area contributed by atoms with E-state index in [1.807, 2.05) is 43.5 Å². The number of aryl methyl sites for hydroxylation is 1. The SMILES string of the molecule is Cc1ccc(OC(C)C(=O)Nc2ccn(Cc3cccnc3)n2)c(Br)c1. The van der Waals surface area contributed by atoms with Crippen molar-refractivity contribution in [3.8, 4) is 5.75 Å². The molecule has 0 fully saturated rings. The number of aromatic nitrogens is 3. The van der Waals surface area contributed by atoms with Crippen molar-refractivity contribution in [1.29, 1.82) is 0 Å². The summed E-state index contributed by atoms with van der Waals surface area (Å²) in [7, 11) is 0. The van der Waals surface area contributed by atoms with Crippen molar-refractivity contribution < 1.29 is 9.53 Å². The highest BCUT2D eigenvalue weighted by atomic mass is 79.9. The molecule has 1 unspecified atom stereocenters. The first kappa shape index (κ1) is 18.1. The van der Waals surface area contributed by atoms with Gasteiger partial charge in [-0.25, -0.2) is 0 Å². The van der Waals surface area contributed by atoms with Crippen LogP contribution in [0.3, 0.4) is 0 Å². The lowest BCUT2D eigenvalue weighted by Crippen LogP contribution is -2.30. The van der Waals surface area contributed by atoms with Gasteiger partial charge in [-0.15, -0.1) is 0 Å². The number of benzene rings is 1. The van der Waals surface area contributed by atoms with Crippen LogP contribution in [0.5, 0.6) is 5.75 Å². The van der Waals surface area contributed by atoms with Crippen LogP contribution in [0.25, 0.3) is 0 Å². The van der Waals surface area contributed by atoms with Crippen molar-refractivity contribution in [2.24, 2.45) is 0 Å². The second-order valence-electron chi connectivity index (χ2n) is 5.94. The number of hydrogen-bond acceptors (Lipinski definition) is 4. The zero-order valence-corrected chi connectivity index (χ0v) is 16.1. The van der Waals surface area contributed by atoms with Gasteiger partial charge in [-0.2, -0.15) is 5.10 Å². The largest absolute Gasteiger partial charge is 0.480 e. The summed E-state index contributed by atoms with van der Waals surface area (Å²) in [6.07, 6.45) is 4.67. The van der Waals surface area contributed by atoms with Crippen LogP contribution in [-0.4, -0.2) is 26.8 Å². The van der Waals surface area contributed by atoms with Gasteiger partial charge < -0.3 is 10.1 Å². The van der Waals surface area contributed by atoms with E-state index in [0.29, 0.717) is 18.1 Å². The van der Waals surface area contributed by atoms with Crippen LogP contribution in [0.2, 0.25) is 0 Å². The first-order chi connectivity index (χ1) is 12.5. The number of nitrogens with zero attached hydrogens (tertiary/aromatic N) is 3. The smallest absolute Gasteiger partial charge is 0.266 e. The highest BCUT2D eigenvalue weighted by molar-refractivity contribution is 9.10. The molecule has 0 aliphatic rings. The minimum absolute atomic E-state index is 0.260. The van der Waals surface area contributed by atoms with Gasteiger partial charge in [0.15, 0.2) is 11.9 Å². The number of rotatable bonds is 6. The Morgan fingerprint density at radius 2 is 2.19 bits per heavy atom. The zero-order chi connectivity index (χ0) is 18.5. The van der Waals surface area contributed by atoms with Crippen molar-refractivity contribution in [3.63, 3.8) is 0 Å². The molecule has 0 spiro atoms. The Morgan fingerprint density at radius 1 is 1.35 bits per heavy atom. The van der Waals surface area contributed by atoms with Crippen LogP contribution in [-0.2, 0) is 11.3 Å². The van der Waals surface area contributed by atoms with E-state index in [0.717, 1.165) is 15.6 Å². The first-order valence-electron chi connectivity index (χ1n) is 8.17. The predicted octanol–water partition coefficient (Wildman–Crippen LogP) is 3.80. The zero-order valence-electron chi connectivity index (χ0n) is 14.5. The standard InChI is InChI=1S/C19H19BrN4O2/c1-13-5-6-17(16(20)10-13)26-14(2)19(25)22-18-7-9-24(23-18)12-15-4-3-8-21-11-15/h3-11,14H,12H2,1-2H3,(H,22,23,25). The average Bonchev–Trinajstić information content (AvgIpc) is 3.05. The average molecular weight is 415 g/mol. The van der Waals surface area contributed by atoms with Crippen molar-refractivity contribution >= 4 is 27.7 Å². The van der Waals surface area contributed by atoms with E-state index < -0.39 is 6.10 Å². The maximum Gasteiger partial charge on any atom is 0.266 e. The molecule has 1 atom stereocenters. The molecular formula is C19H19BrN4O2. The topological polar surface area (TPSA) is 69.0 Å². The second kappa shape index (κ2) is 8.14. The summed E-state index contributed by atoms with van der Waals surface area (Å²) in [6, 6.07) is 11.3. The molecule has 0 saturated carbocycles. The summed E-state index contributed by atoms with van der Waals surface area (Å²) in [5, 5.41) is 7.13. The van der Waals surface area contributed by atoms with Crippen LogP contribution in [0.1, 0.15) is 18.1 Å². The van der Waals surface area contributed by atoms with Crippen molar-refractivity contribution in [3.05, 3.63) is 70.6 Å². The molecule has 0 aliphatic carbocycles. The third-order valence-corrected chi connectivity index (χ3v) is 4.34. The van der Waals surface area contributed by atoms with Gasteiger partial charge >= 0.3 is 0 Å². The number of carbonyl (C=O) groups excluding carboxylic acids is 1. The molecule has 0 bridgehead atoms. The Balaban J connectivity index is 1.59. The minimum atomic E-state index is -0.655. The summed E-state index contributed by atoms with van der Waals surface area (Å²) in [5.41, 5.74) is 2.15. The Labute approximate surface area is 160 Å². The number of amides is 1. The number of ether oxygens (including phenoxy) is 1. The molecule has 0 aliphatic heterocycles. The molecule has 1 aromatic carbocycles. The highest BCUT2D eigenvalue weighted by Gasteiger charge is 2.17. The van der Waals surface area contributed by atoms with Gasteiger partial charge in [0, 0.05) is 24.7 Å². The molecule has 7 heteroatoms. The molecule has 1 N–H and O–H groups in total. The molecule has 134 valence electrons. The van der Waals surface area contributed by atoms with Crippen LogP contribution in [0.15, 0.2) is 59.5 Å². The summed E-state index contributed by atoms with van der Waals surface area (Å²) in [4.78, 5) is 16.4. The monoisotopic (exact) mass is 414 g/mol. The van der Waals surface area contributed by atoms with E-state index in [2.05, 4.69) is 31.3 Å². The molecule has 2 aromatic heterocycles. The van der Waals surface area contributed by atoms with Crippen LogP contribution >= 0.6 is 15.9 Å². The van der Waals surface area contributed by atoms with E-state index in [9.17, 15) is 4.79 Å². The van der Waals surface area contributed by atoms with Crippen LogP contribution in [0, 0.1) is 6.92 Å². The Kier molecular flexibility index (Phi) is 5.68. The molecule has 2 heterocycles. The number of halogens is 1. The lowest BCUT2D eigenvalue weighted by Gasteiger charge is -2.15. The van der Waals surface area contributed by atoms with E-state index in [4.69, 9.17) is 4.74 Å². The molecule has 6 nitrogen and oxygen atoms in total. The number of anilines is 1. The molecular weight excluding hydrogens is 396 g/mol. The first-order valence-corrected chi connectivity index (χ1v) is 8.96. The Bertz CT molecular complexity index is 896. The van der Waals surface area contributed by atoms with E-state index in [-0.39, 0.29) is 5.91 Å². The quantitative estimate of drug-likeness (QED) is 0.665. The summed E-state index contributed by atoms with van der Waals surface area (Å²) < 4.78 is 8.30. The van der Waals surface area contributed by atoms with Crippen LogP contribution < -0.4 is 10.1 Å². The fourth-order valence-electron chi connectivity index (χ4n) is 2.37. The van der Waals surface area contributed by atoms with Gasteiger partial charge in [0.2, 0.25) is 0 Å². The van der Waals surface area contributed by atoms with E-state index >= 15 is 0 Å². The number of carbonyl (C=O) groups is 1. The van der Waals surface area contributed by atoms with Gasteiger partial charge in [0.25, 0.3) is 5.91 Å². The fourth-order valence-corrected chi connectivity index (χ4v) is 2.96. The maximum atomic E-state index is 12.4. The van der Waals surface area contributed by atoms with Gasteiger partial charge in [-0.1, -0.05) is 12.1 Å². The van der Waals surface area contributed by atoms with Gasteiger partial charge in [0.1, 0.15) is 5.75 Å². The molecule has 3 aromatic rings. The van der Waals surface area contributed by atoms with Gasteiger partial charge in [-0.05, 0) is 59.1 Å². The fraction of sp³-hybridized carbons (Fsp3) is 0.211. The Hall–Kier alpha value is -2.67. The van der Waals surface area contributed by atoms with E-state index in [1.54, 1.807) is 30.1 Å². The number of pyridine rings is 1. The van der Waals surface area contributed by atoms with Crippen molar-refractivity contribution in [1.82, 2.24) is 14.8 Å².